The van der Waals surface area contributed by atoms with Gasteiger partial charge in [0.05, 0.1) is 10.7 Å². The third-order valence-corrected chi connectivity index (χ3v) is 5.30. The van der Waals surface area contributed by atoms with Crippen molar-refractivity contribution in [3.05, 3.63) is 77.6 Å². The number of hydrogen-bond donors (Lipinski definition) is 2. The van der Waals surface area contributed by atoms with Crippen molar-refractivity contribution in [1.82, 2.24) is 0 Å². The summed E-state index contributed by atoms with van der Waals surface area (Å²) in [5, 5.41) is 5.07. The summed E-state index contributed by atoms with van der Waals surface area (Å²) >= 11 is 7.39. The van der Waals surface area contributed by atoms with Crippen molar-refractivity contribution in [2.75, 3.05) is 11.1 Å². The average Bonchev–Trinajstić information content (AvgIpc) is 2.94. The molecule has 0 fully saturated rings. The lowest BCUT2D eigenvalue weighted by molar-refractivity contribution is 0.628. The van der Waals surface area contributed by atoms with E-state index in [0.717, 1.165) is 26.9 Å². The smallest absolute Gasteiger partial charge is 0.141 e. The van der Waals surface area contributed by atoms with Gasteiger partial charge < -0.3 is 11.1 Å². The Kier molecular flexibility index (Phi) is 4.07. The molecular weight excluding hydrogens is 355 g/mol. The Bertz CT molecular complexity index is 1060. The second kappa shape index (κ2) is 6.39. The van der Waals surface area contributed by atoms with E-state index in [2.05, 4.69) is 35.6 Å². The summed E-state index contributed by atoms with van der Waals surface area (Å²) in [5.74, 6) is -0.443. The normalized spacial score (nSPS) is 11.0. The van der Waals surface area contributed by atoms with Crippen molar-refractivity contribution in [2.24, 2.45) is 0 Å². The van der Waals surface area contributed by atoms with E-state index in [4.69, 9.17) is 17.3 Å². The summed E-state index contributed by atoms with van der Waals surface area (Å²) in [6.07, 6.45) is 0. The van der Waals surface area contributed by atoms with Gasteiger partial charge in [-0.2, -0.15) is 0 Å². The summed E-state index contributed by atoms with van der Waals surface area (Å²) in [6, 6.07) is 21.0. The first-order chi connectivity index (χ1) is 12.1. The lowest BCUT2D eigenvalue weighted by Crippen LogP contribution is -1.93. The SMILES string of the molecule is Nc1sc2ccc(-c3ccccc3)cc2c1Nc1ccc(F)c(Cl)c1. The number of nitrogens with two attached hydrogens (primary N) is 1. The maximum Gasteiger partial charge on any atom is 0.141 e. The van der Waals surface area contributed by atoms with Gasteiger partial charge in [-0.25, -0.2) is 4.39 Å². The van der Waals surface area contributed by atoms with E-state index < -0.39 is 5.82 Å². The van der Waals surface area contributed by atoms with Crippen LogP contribution in [0.4, 0.5) is 20.8 Å². The van der Waals surface area contributed by atoms with Crippen LogP contribution >= 0.6 is 22.9 Å². The van der Waals surface area contributed by atoms with Crippen LogP contribution in [-0.4, -0.2) is 0 Å². The molecule has 0 atom stereocenters. The van der Waals surface area contributed by atoms with Crippen molar-refractivity contribution in [3.63, 3.8) is 0 Å². The molecule has 0 aliphatic rings. The highest BCUT2D eigenvalue weighted by molar-refractivity contribution is 7.23. The van der Waals surface area contributed by atoms with E-state index in [1.165, 1.54) is 17.4 Å². The Morgan fingerprint density at radius 2 is 1.72 bits per heavy atom. The molecule has 0 saturated heterocycles. The second-order valence-corrected chi connectivity index (χ2v) is 7.16. The summed E-state index contributed by atoms with van der Waals surface area (Å²) in [7, 11) is 0. The van der Waals surface area contributed by atoms with Gasteiger partial charge >= 0.3 is 0 Å². The zero-order valence-electron chi connectivity index (χ0n) is 13.1. The molecular formula is C20H14ClFN2S. The number of benzene rings is 3. The van der Waals surface area contributed by atoms with E-state index in [1.54, 1.807) is 12.1 Å². The molecule has 0 unspecified atom stereocenters. The van der Waals surface area contributed by atoms with Gasteiger partial charge in [0.1, 0.15) is 10.8 Å². The standard InChI is InChI=1S/C20H14ClFN2S/c21-16-11-14(7-8-17(16)22)24-19-15-10-13(12-4-2-1-3-5-12)6-9-18(15)25-20(19)23/h1-11,24H,23H2. The minimum atomic E-state index is -0.443. The van der Waals surface area contributed by atoms with Gasteiger partial charge in [0.15, 0.2) is 0 Å². The van der Waals surface area contributed by atoms with Crippen LogP contribution in [-0.2, 0) is 0 Å². The summed E-state index contributed by atoms with van der Waals surface area (Å²) < 4.78 is 14.5. The van der Waals surface area contributed by atoms with Crippen LogP contribution in [0.25, 0.3) is 21.2 Å². The molecule has 4 aromatic rings. The molecule has 3 aromatic carbocycles. The molecule has 3 N–H and O–H groups in total. The fourth-order valence-corrected chi connectivity index (χ4v) is 3.86. The molecule has 4 rings (SSSR count). The molecule has 0 aliphatic carbocycles. The summed E-state index contributed by atoms with van der Waals surface area (Å²) in [6.45, 7) is 0. The van der Waals surface area contributed by atoms with Gasteiger partial charge in [-0.3, -0.25) is 0 Å². The zero-order chi connectivity index (χ0) is 17.4. The highest BCUT2D eigenvalue weighted by atomic mass is 35.5. The van der Waals surface area contributed by atoms with Crippen molar-refractivity contribution >= 4 is 49.4 Å². The highest BCUT2D eigenvalue weighted by Gasteiger charge is 2.12. The van der Waals surface area contributed by atoms with Crippen LogP contribution in [0.1, 0.15) is 0 Å². The number of hydrogen-bond acceptors (Lipinski definition) is 3. The Balaban J connectivity index is 1.80. The molecule has 25 heavy (non-hydrogen) atoms. The lowest BCUT2D eigenvalue weighted by Gasteiger charge is -2.08. The zero-order valence-corrected chi connectivity index (χ0v) is 14.7. The summed E-state index contributed by atoms with van der Waals surface area (Å²) in [5.41, 5.74) is 9.98. The molecule has 0 amide bonds. The number of nitrogens with one attached hydrogen (secondary N) is 1. The van der Waals surface area contributed by atoms with Crippen molar-refractivity contribution < 1.29 is 4.39 Å². The molecule has 1 aromatic heterocycles. The van der Waals surface area contributed by atoms with Gasteiger partial charge in [-0.15, -0.1) is 11.3 Å². The molecule has 0 radical (unpaired) electrons. The predicted molar refractivity (Wildman–Crippen MR) is 106 cm³/mol. The van der Waals surface area contributed by atoms with Crippen LogP contribution in [0, 0.1) is 5.82 Å². The minimum absolute atomic E-state index is 0.0769. The predicted octanol–water partition coefficient (Wildman–Crippen LogP) is 6.69. The van der Waals surface area contributed by atoms with Gasteiger partial charge in [0.25, 0.3) is 0 Å². The Labute approximate surface area is 153 Å². The molecule has 0 saturated carbocycles. The van der Waals surface area contributed by atoms with E-state index in [1.807, 2.05) is 18.2 Å². The van der Waals surface area contributed by atoms with Gasteiger partial charge in [0, 0.05) is 15.8 Å². The van der Waals surface area contributed by atoms with E-state index in [0.29, 0.717) is 10.7 Å². The number of rotatable bonds is 3. The van der Waals surface area contributed by atoms with Gasteiger partial charge in [-0.1, -0.05) is 48.0 Å². The monoisotopic (exact) mass is 368 g/mol. The summed E-state index contributed by atoms with van der Waals surface area (Å²) in [4.78, 5) is 0. The molecule has 0 bridgehead atoms. The van der Waals surface area contributed by atoms with Gasteiger partial charge in [-0.05, 0) is 41.5 Å². The Hall–Kier alpha value is -2.56. The molecule has 0 spiro atoms. The van der Waals surface area contributed by atoms with Crippen molar-refractivity contribution in [3.8, 4) is 11.1 Å². The highest BCUT2D eigenvalue weighted by Crippen LogP contribution is 2.41. The maximum absolute atomic E-state index is 13.4. The van der Waals surface area contributed by atoms with Crippen molar-refractivity contribution in [2.45, 2.75) is 0 Å². The quantitative estimate of drug-likeness (QED) is 0.423. The minimum Gasteiger partial charge on any atom is -0.389 e. The number of halogens is 2. The Morgan fingerprint density at radius 3 is 2.48 bits per heavy atom. The first-order valence-corrected chi connectivity index (χ1v) is 8.91. The molecule has 124 valence electrons. The molecule has 2 nitrogen and oxygen atoms in total. The third-order valence-electron chi connectivity index (χ3n) is 4.01. The van der Waals surface area contributed by atoms with Gasteiger partial charge in [0.2, 0.25) is 0 Å². The molecule has 1 heterocycles. The lowest BCUT2D eigenvalue weighted by atomic mass is 10.0. The topological polar surface area (TPSA) is 38.0 Å². The third kappa shape index (κ3) is 3.06. The number of fused-ring (bicyclic) bond motifs is 1. The second-order valence-electron chi connectivity index (χ2n) is 5.67. The fourth-order valence-electron chi connectivity index (χ4n) is 2.77. The van der Waals surface area contributed by atoms with Crippen LogP contribution in [0.15, 0.2) is 66.7 Å². The van der Waals surface area contributed by atoms with Crippen LogP contribution in [0.2, 0.25) is 5.02 Å². The van der Waals surface area contributed by atoms with Crippen LogP contribution in [0.5, 0.6) is 0 Å². The first-order valence-electron chi connectivity index (χ1n) is 7.71. The average molecular weight is 369 g/mol. The largest absolute Gasteiger partial charge is 0.389 e. The van der Waals surface area contributed by atoms with E-state index in [9.17, 15) is 4.39 Å². The first kappa shape index (κ1) is 15.9. The molecule has 5 heteroatoms. The fraction of sp³-hybridized carbons (Fsp3) is 0. The Morgan fingerprint density at radius 1 is 0.920 bits per heavy atom. The molecule has 0 aliphatic heterocycles. The van der Waals surface area contributed by atoms with Crippen LogP contribution in [0.3, 0.4) is 0 Å². The van der Waals surface area contributed by atoms with Crippen molar-refractivity contribution in [1.29, 1.82) is 0 Å². The van der Waals surface area contributed by atoms with E-state index in [-0.39, 0.29) is 5.02 Å². The van der Waals surface area contributed by atoms with E-state index >= 15 is 0 Å². The van der Waals surface area contributed by atoms with Crippen LogP contribution < -0.4 is 11.1 Å². The number of anilines is 3. The number of nitrogen functional groups attached to an aromatic ring is 1. The number of thiophene rings is 1. The maximum atomic E-state index is 13.4.